The van der Waals surface area contributed by atoms with Crippen molar-refractivity contribution in [2.24, 2.45) is 0 Å². The van der Waals surface area contributed by atoms with Gasteiger partial charge in [0, 0.05) is 6.54 Å². The molecule has 18 heavy (non-hydrogen) atoms. The summed E-state index contributed by atoms with van der Waals surface area (Å²) in [6.07, 6.45) is 0. The molecule has 2 aromatic rings. The van der Waals surface area contributed by atoms with Crippen molar-refractivity contribution in [1.29, 1.82) is 0 Å². The highest BCUT2D eigenvalue weighted by atomic mass is 16.5. The lowest BCUT2D eigenvalue weighted by Gasteiger charge is -2.08. The number of ether oxygens (including phenoxy) is 1. The third kappa shape index (κ3) is 3.90. The van der Waals surface area contributed by atoms with Crippen molar-refractivity contribution >= 4 is 0 Å². The van der Waals surface area contributed by atoms with Crippen molar-refractivity contribution in [3.05, 3.63) is 65.7 Å². The standard InChI is InChI=1S/C16H19NO/c1-2-17-12-15-9-6-10-16(11-15)18-13-14-7-4-3-5-8-14/h3-11,17H,2,12-13H2,1H3. The highest BCUT2D eigenvalue weighted by molar-refractivity contribution is 5.28. The van der Waals surface area contributed by atoms with E-state index in [1.807, 2.05) is 30.3 Å². The van der Waals surface area contributed by atoms with E-state index in [4.69, 9.17) is 4.74 Å². The number of nitrogens with one attached hydrogen (secondary N) is 1. The fourth-order valence-corrected chi connectivity index (χ4v) is 1.76. The first-order valence-electron chi connectivity index (χ1n) is 6.35. The maximum atomic E-state index is 5.78. The number of hydrogen-bond acceptors (Lipinski definition) is 2. The van der Waals surface area contributed by atoms with Crippen molar-refractivity contribution in [2.45, 2.75) is 20.1 Å². The minimum Gasteiger partial charge on any atom is -0.489 e. The van der Waals surface area contributed by atoms with Gasteiger partial charge in [-0.05, 0) is 29.8 Å². The van der Waals surface area contributed by atoms with Crippen LogP contribution in [0.5, 0.6) is 5.75 Å². The molecule has 0 aliphatic rings. The molecule has 2 nitrogen and oxygen atoms in total. The largest absolute Gasteiger partial charge is 0.489 e. The predicted octanol–water partition coefficient (Wildman–Crippen LogP) is 3.38. The lowest BCUT2D eigenvalue weighted by Crippen LogP contribution is -2.11. The second-order valence-electron chi connectivity index (χ2n) is 4.20. The van der Waals surface area contributed by atoms with Crippen LogP contribution < -0.4 is 10.1 Å². The first-order valence-corrected chi connectivity index (χ1v) is 6.35. The third-order valence-corrected chi connectivity index (χ3v) is 2.73. The average molecular weight is 241 g/mol. The van der Waals surface area contributed by atoms with Crippen LogP contribution in [0.2, 0.25) is 0 Å². The van der Waals surface area contributed by atoms with Crippen LogP contribution >= 0.6 is 0 Å². The Kier molecular flexibility index (Phi) is 4.79. The Morgan fingerprint density at radius 3 is 2.50 bits per heavy atom. The van der Waals surface area contributed by atoms with Gasteiger partial charge >= 0.3 is 0 Å². The Hall–Kier alpha value is -1.80. The molecule has 0 aromatic heterocycles. The smallest absolute Gasteiger partial charge is 0.120 e. The van der Waals surface area contributed by atoms with Gasteiger partial charge in [-0.2, -0.15) is 0 Å². The molecule has 0 amide bonds. The lowest BCUT2D eigenvalue weighted by atomic mass is 10.2. The maximum Gasteiger partial charge on any atom is 0.120 e. The van der Waals surface area contributed by atoms with Gasteiger partial charge in [-0.3, -0.25) is 0 Å². The van der Waals surface area contributed by atoms with Crippen molar-refractivity contribution in [3.8, 4) is 5.75 Å². The fourth-order valence-electron chi connectivity index (χ4n) is 1.76. The number of rotatable bonds is 6. The average Bonchev–Trinajstić information content (AvgIpc) is 2.44. The number of benzene rings is 2. The maximum absolute atomic E-state index is 5.78. The summed E-state index contributed by atoms with van der Waals surface area (Å²) in [5.74, 6) is 0.925. The summed E-state index contributed by atoms with van der Waals surface area (Å²) in [4.78, 5) is 0. The highest BCUT2D eigenvalue weighted by Gasteiger charge is 1.97. The first-order chi connectivity index (χ1) is 8.88. The van der Waals surface area contributed by atoms with Gasteiger partial charge in [0.25, 0.3) is 0 Å². The van der Waals surface area contributed by atoms with Gasteiger partial charge < -0.3 is 10.1 Å². The second kappa shape index (κ2) is 6.82. The quantitative estimate of drug-likeness (QED) is 0.837. The zero-order valence-electron chi connectivity index (χ0n) is 10.7. The molecule has 0 atom stereocenters. The Morgan fingerprint density at radius 1 is 0.944 bits per heavy atom. The van der Waals surface area contributed by atoms with Crippen LogP contribution in [0.1, 0.15) is 18.1 Å². The van der Waals surface area contributed by atoms with E-state index in [2.05, 4.69) is 36.5 Å². The summed E-state index contributed by atoms with van der Waals surface area (Å²) in [6, 6.07) is 18.4. The molecule has 1 N–H and O–H groups in total. The zero-order valence-corrected chi connectivity index (χ0v) is 10.7. The van der Waals surface area contributed by atoms with Gasteiger partial charge in [-0.1, -0.05) is 49.4 Å². The summed E-state index contributed by atoms with van der Waals surface area (Å²) < 4.78 is 5.78. The molecule has 0 saturated heterocycles. The van der Waals surface area contributed by atoms with Gasteiger partial charge in [-0.15, -0.1) is 0 Å². The Morgan fingerprint density at radius 2 is 1.72 bits per heavy atom. The summed E-state index contributed by atoms with van der Waals surface area (Å²) >= 11 is 0. The van der Waals surface area contributed by atoms with Crippen LogP contribution in [-0.2, 0) is 13.2 Å². The lowest BCUT2D eigenvalue weighted by molar-refractivity contribution is 0.306. The van der Waals surface area contributed by atoms with E-state index in [-0.39, 0.29) is 0 Å². The molecule has 0 bridgehead atoms. The van der Waals surface area contributed by atoms with Crippen LogP contribution in [0, 0.1) is 0 Å². The van der Waals surface area contributed by atoms with Crippen molar-refractivity contribution in [1.82, 2.24) is 5.32 Å². The second-order valence-corrected chi connectivity index (χ2v) is 4.20. The SMILES string of the molecule is CCNCc1cccc(OCc2ccccc2)c1. The molecule has 2 rings (SSSR count). The molecule has 0 unspecified atom stereocenters. The monoisotopic (exact) mass is 241 g/mol. The number of hydrogen-bond donors (Lipinski definition) is 1. The van der Waals surface area contributed by atoms with Crippen LogP contribution in [-0.4, -0.2) is 6.54 Å². The molecule has 0 spiro atoms. The van der Waals surface area contributed by atoms with E-state index in [1.165, 1.54) is 11.1 Å². The van der Waals surface area contributed by atoms with Gasteiger partial charge in [0.1, 0.15) is 12.4 Å². The zero-order chi connectivity index (χ0) is 12.6. The van der Waals surface area contributed by atoms with Crippen LogP contribution in [0.25, 0.3) is 0 Å². The van der Waals surface area contributed by atoms with Crippen LogP contribution in [0.4, 0.5) is 0 Å². The van der Waals surface area contributed by atoms with Gasteiger partial charge in [0.05, 0.1) is 0 Å². The molecule has 0 fully saturated rings. The summed E-state index contributed by atoms with van der Waals surface area (Å²) in [5.41, 5.74) is 2.44. The van der Waals surface area contributed by atoms with Crippen molar-refractivity contribution < 1.29 is 4.74 Å². The van der Waals surface area contributed by atoms with Crippen LogP contribution in [0.15, 0.2) is 54.6 Å². The van der Waals surface area contributed by atoms with Crippen molar-refractivity contribution in [2.75, 3.05) is 6.54 Å². The Balaban J connectivity index is 1.93. The topological polar surface area (TPSA) is 21.3 Å². The molecule has 2 aromatic carbocycles. The van der Waals surface area contributed by atoms with Gasteiger partial charge in [0.2, 0.25) is 0 Å². The molecular weight excluding hydrogens is 222 g/mol. The molecule has 0 aliphatic carbocycles. The van der Waals surface area contributed by atoms with E-state index < -0.39 is 0 Å². The minimum absolute atomic E-state index is 0.617. The first kappa shape index (κ1) is 12.7. The van der Waals surface area contributed by atoms with E-state index in [1.54, 1.807) is 0 Å². The summed E-state index contributed by atoms with van der Waals surface area (Å²) in [6.45, 7) is 4.59. The Bertz CT molecular complexity index is 468. The van der Waals surface area contributed by atoms with E-state index in [0.717, 1.165) is 18.8 Å². The fraction of sp³-hybridized carbons (Fsp3) is 0.250. The summed E-state index contributed by atoms with van der Waals surface area (Å²) in [5, 5.41) is 3.31. The highest BCUT2D eigenvalue weighted by Crippen LogP contribution is 2.15. The minimum atomic E-state index is 0.617. The molecule has 0 aliphatic heterocycles. The van der Waals surface area contributed by atoms with Gasteiger partial charge in [-0.25, -0.2) is 0 Å². The molecule has 2 heteroatoms. The molecular formula is C16H19NO. The molecule has 0 radical (unpaired) electrons. The summed E-state index contributed by atoms with van der Waals surface area (Å²) in [7, 11) is 0. The Labute approximate surface area is 109 Å². The van der Waals surface area contributed by atoms with E-state index in [0.29, 0.717) is 6.61 Å². The van der Waals surface area contributed by atoms with Crippen molar-refractivity contribution in [3.63, 3.8) is 0 Å². The molecule has 94 valence electrons. The predicted molar refractivity (Wildman–Crippen MR) is 74.6 cm³/mol. The van der Waals surface area contributed by atoms with Crippen LogP contribution in [0.3, 0.4) is 0 Å². The third-order valence-electron chi connectivity index (χ3n) is 2.73. The van der Waals surface area contributed by atoms with E-state index >= 15 is 0 Å². The van der Waals surface area contributed by atoms with Gasteiger partial charge in [0.15, 0.2) is 0 Å². The van der Waals surface area contributed by atoms with E-state index in [9.17, 15) is 0 Å². The molecule has 0 saturated carbocycles. The normalized spacial score (nSPS) is 10.3. The molecule has 0 heterocycles.